The van der Waals surface area contributed by atoms with Crippen molar-refractivity contribution in [1.82, 2.24) is 9.78 Å². The Morgan fingerprint density at radius 1 is 0.800 bits per heavy atom. The first kappa shape index (κ1) is 13.5. The average molecular weight is 324 g/mol. The Balaban J connectivity index is 2.10. The van der Waals surface area contributed by atoms with E-state index in [4.69, 9.17) is 34.8 Å². The van der Waals surface area contributed by atoms with Gasteiger partial charge in [-0.15, -0.1) is 0 Å². The van der Waals surface area contributed by atoms with Crippen LogP contribution in [0.1, 0.15) is 0 Å². The van der Waals surface area contributed by atoms with E-state index in [1.54, 1.807) is 18.3 Å². The van der Waals surface area contributed by atoms with Crippen LogP contribution in [0.5, 0.6) is 0 Å². The fraction of sp³-hybridized carbons (Fsp3) is 0. The lowest BCUT2D eigenvalue weighted by Gasteiger charge is -2.08. The molecule has 0 saturated heterocycles. The summed E-state index contributed by atoms with van der Waals surface area (Å²) in [6.45, 7) is 0. The van der Waals surface area contributed by atoms with Crippen molar-refractivity contribution < 1.29 is 0 Å². The summed E-state index contributed by atoms with van der Waals surface area (Å²) in [6.07, 6.45) is 1.74. The molecule has 2 nitrogen and oxygen atoms in total. The van der Waals surface area contributed by atoms with Crippen molar-refractivity contribution in [3.63, 3.8) is 0 Å². The lowest BCUT2D eigenvalue weighted by atomic mass is 10.1. The van der Waals surface area contributed by atoms with Crippen molar-refractivity contribution >= 4 is 34.8 Å². The molecule has 3 aromatic rings. The molecule has 0 aliphatic heterocycles. The molecule has 100 valence electrons. The lowest BCUT2D eigenvalue weighted by Crippen LogP contribution is -1.98. The van der Waals surface area contributed by atoms with E-state index in [1.165, 1.54) is 0 Å². The van der Waals surface area contributed by atoms with Crippen LogP contribution < -0.4 is 0 Å². The highest BCUT2D eigenvalue weighted by Crippen LogP contribution is 2.28. The molecule has 20 heavy (non-hydrogen) atoms. The lowest BCUT2D eigenvalue weighted by molar-refractivity contribution is 0.888. The number of hydrogen-bond acceptors (Lipinski definition) is 1. The van der Waals surface area contributed by atoms with Gasteiger partial charge in [0.25, 0.3) is 0 Å². The first-order valence-corrected chi connectivity index (χ1v) is 7.04. The van der Waals surface area contributed by atoms with Gasteiger partial charge in [0.1, 0.15) is 0 Å². The molecule has 0 bridgehead atoms. The van der Waals surface area contributed by atoms with Crippen LogP contribution in [0.4, 0.5) is 0 Å². The molecule has 3 rings (SSSR count). The predicted octanol–water partition coefficient (Wildman–Crippen LogP) is 5.50. The number of halogens is 3. The van der Waals surface area contributed by atoms with Gasteiger partial charge < -0.3 is 0 Å². The molecule has 5 heteroatoms. The van der Waals surface area contributed by atoms with Gasteiger partial charge in [0.05, 0.1) is 27.6 Å². The minimum atomic E-state index is 0.502. The number of benzene rings is 2. The van der Waals surface area contributed by atoms with Gasteiger partial charge in [0.2, 0.25) is 0 Å². The third-order valence-corrected chi connectivity index (χ3v) is 3.92. The van der Waals surface area contributed by atoms with Gasteiger partial charge in [-0.3, -0.25) is 0 Å². The van der Waals surface area contributed by atoms with E-state index >= 15 is 0 Å². The number of aromatic nitrogens is 2. The van der Waals surface area contributed by atoms with Crippen molar-refractivity contribution in [3.8, 4) is 16.9 Å². The highest BCUT2D eigenvalue weighted by Gasteiger charge is 2.09. The topological polar surface area (TPSA) is 17.8 Å². The molecule has 1 heterocycles. The van der Waals surface area contributed by atoms with Crippen LogP contribution >= 0.6 is 34.8 Å². The maximum absolute atomic E-state index is 6.06. The van der Waals surface area contributed by atoms with E-state index in [0.29, 0.717) is 15.1 Å². The van der Waals surface area contributed by atoms with Crippen LogP contribution in [0.3, 0.4) is 0 Å². The van der Waals surface area contributed by atoms with Crippen molar-refractivity contribution in [2.75, 3.05) is 0 Å². The Labute approximate surface area is 131 Å². The van der Waals surface area contributed by atoms with E-state index in [-0.39, 0.29) is 0 Å². The van der Waals surface area contributed by atoms with Crippen molar-refractivity contribution in [2.45, 2.75) is 0 Å². The van der Waals surface area contributed by atoms with Crippen LogP contribution in [-0.2, 0) is 0 Å². The van der Waals surface area contributed by atoms with Crippen LogP contribution in [0, 0.1) is 0 Å². The number of nitrogens with zero attached hydrogens (tertiary/aromatic N) is 2. The fourth-order valence-electron chi connectivity index (χ4n) is 1.97. The highest BCUT2D eigenvalue weighted by atomic mass is 35.5. The molecule has 0 atom stereocenters. The standard InChI is InChI=1S/C15H9Cl3N2/c16-11-3-1-10(2-4-11)15-7-8-19-20(15)12-5-6-13(17)14(18)9-12/h1-9H. The van der Waals surface area contributed by atoms with E-state index in [9.17, 15) is 0 Å². The molecule has 0 saturated carbocycles. The van der Waals surface area contributed by atoms with Gasteiger partial charge in [0, 0.05) is 10.6 Å². The Kier molecular flexibility index (Phi) is 3.70. The third-order valence-electron chi connectivity index (χ3n) is 2.93. The quantitative estimate of drug-likeness (QED) is 0.609. The second-order valence-corrected chi connectivity index (χ2v) is 5.48. The zero-order valence-corrected chi connectivity index (χ0v) is 12.5. The summed E-state index contributed by atoms with van der Waals surface area (Å²) in [6, 6.07) is 15.0. The van der Waals surface area contributed by atoms with E-state index < -0.39 is 0 Å². The Morgan fingerprint density at radius 3 is 2.25 bits per heavy atom. The zero-order valence-electron chi connectivity index (χ0n) is 10.2. The molecular weight excluding hydrogens is 315 g/mol. The first-order valence-electron chi connectivity index (χ1n) is 5.90. The minimum Gasteiger partial charge on any atom is -0.233 e. The van der Waals surface area contributed by atoms with Gasteiger partial charge in [-0.2, -0.15) is 5.10 Å². The summed E-state index contributed by atoms with van der Waals surface area (Å²) < 4.78 is 1.81. The van der Waals surface area contributed by atoms with Crippen LogP contribution in [0.15, 0.2) is 54.7 Å². The summed E-state index contributed by atoms with van der Waals surface area (Å²) in [5, 5.41) is 6.07. The maximum atomic E-state index is 6.06. The Morgan fingerprint density at radius 2 is 1.55 bits per heavy atom. The first-order chi connectivity index (χ1) is 9.65. The SMILES string of the molecule is Clc1ccc(-c2ccnn2-c2ccc(Cl)c(Cl)c2)cc1. The second-order valence-electron chi connectivity index (χ2n) is 4.23. The van der Waals surface area contributed by atoms with Gasteiger partial charge in [-0.1, -0.05) is 46.9 Å². The molecule has 0 aliphatic rings. The number of hydrogen-bond donors (Lipinski definition) is 0. The van der Waals surface area contributed by atoms with Crippen molar-refractivity contribution in [1.29, 1.82) is 0 Å². The van der Waals surface area contributed by atoms with Gasteiger partial charge in [-0.25, -0.2) is 4.68 Å². The molecule has 0 N–H and O–H groups in total. The average Bonchev–Trinajstić information content (AvgIpc) is 2.92. The number of rotatable bonds is 2. The Hall–Kier alpha value is -1.48. The van der Waals surface area contributed by atoms with Crippen molar-refractivity contribution in [2.24, 2.45) is 0 Å². The molecule has 0 amide bonds. The summed E-state index contributed by atoms with van der Waals surface area (Å²) in [7, 11) is 0. The fourth-order valence-corrected chi connectivity index (χ4v) is 2.38. The minimum absolute atomic E-state index is 0.502. The van der Waals surface area contributed by atoms with Crippen LogP contribution in [0.25, 0.3) is 16.9 Å². The predicted molar refractivity (Wildman–Crippen MR) is 84.0 cm³/mol. The summed E-state index contributed by atoms with van der Waals surface area (Å²) in [5.41, 5.74) is 2.84. The largest absolute Gasteiger partial charge is 0.233 e. The van der Waals surface area contributed by atoms with Gasteiger partial charge in [-0.05, 0) is 36.4 Å². The van der Waals surface area contributed by atoms with E-state index in [1.807, 2.05) is 41.1 Å². The summed E-state index contributed by atoms with van der Waals surface area (Å²) >= 11 is 17.9. The van der Waals surface area contributed by atoms with E-state index in [2.05, 4.69) is 5.10 Å². The molecule has 0 unspecified atom stereocenters. The second kappa shape index (κ2) is 5.49. The van der Waals surface area contributed by atoms with Crippen molar-refractivity contribution in [3.05, 3.63) is 69.8 Å². The molecule has 1 aromatic heterocycles. The molecular formula is C15H9Cl3N2. The summed E-state index contributed by atoms with van der Waals surface area (Å²) in [4.78, 5) is 0. The van der Waals surface area contributed by atoms with Gasteiger partial charge >= 0.3 is 0 Å². The highest BCUT2D eigenvalue weighted by molar-refractivity contribution is 6.42. The monoisotopic (exact) mass is 322 g/mol. The molecule has 0 aliphatic carbocycles. The van der Waals surface area contributed by atoms with E-state index in [0.717, 1.165) is 16.9 Å². The smallest absolute Gasteiger partial charge is 0.0740 e. The zero-order chi connectivity index (χ0) is 14.1. The Bertz CT molecular complexity index is 748. The van der Waals surface area contributed by atoms with Gasteiger partial charge in [0.15, 0.2) is 0 Å². The third kappa shape index (κ3) is 2.55. The molecule has 0 spiro atoms. The van der Waals surface area contributed by atoms with Crippen LogP contribution in [-0.4, -0.2) is 9.78 Å². The summed E-state index contributed by atoms with van der Waals surface area (Å²) in [5.74, 6) is 0. The molecule has 2 aromatic carbocycles. The van der Waals surface area contributed by atoms with Crippen LogP contribution in [0.2, 0.25) is 15.1 Å². The molecule has 0 radical (unpaired) electrons. The normalized spacial score (nSPS) is 10.8. The maximum Gasteiger partial charge on any atom is 0.0740 e. The molecule has 0 fully saturated rings.